The Kier molecular flexibility index (Phi) is 3.22. The van der Waals surface area contributed by atoms with Crippen LogP contribution in [0.2, 0.25) is 5.02 Å². The molecule has 0 bridgehead atoms. The number of aryl methyl sites for hydroxylation is 1. The van der Waals surface area contributed by atoms with Crippen molar-refractivity contribution in [2.45, 2.75) is 6.92 Å². The zero-order valence-corrected chi connectivity index (χ0v) is 9.86. The van der Waals surface area contributed by atoms with Crippen molar-refractivity contribution in [1.29, 1.82) is 5.26 Å². The van der Waals surface area contributed by atoms with E-state index in [4.69, 9.17) is 16.9 Å². The molecule has 0 unspecified atom stereocenters. The summed E-state index contributed by atoms with van der Waals surface area (Å²) >= 11 is 6.02. The average molecular weight is 245 g/mol. The third-order valence-electron chi connectivity index (χ3n) is 2.09. The molecule has 17 heavy (non-hydrogen) atoms. The van der Waals surface area contributed by atoms with Crippen LogP contribution < -0.4 is 5.32 Å². The Labute approximate surface area is 104 Å². The average Bonchev–Trinajstić information content (AvgIpc) is 2.31. The molecule has 0 saturated heterocycles. The lowest BCUT2D eigenvalue weighted by Gasteiger charge is -2.07. The number of anilines is 2. The molecule has 2 aromatic rings. The van der Waals surface area contributed by atoms with Crippen LogP contribution in [0.3, 0.4) is 0 Å². The SMILES string of the molecule is Cc1nc(C#N)cc(Nc2ccccc2Cl)n1. The fraction of sp³-hybridized carbons (Fsp3) is 0.0833. The van der Waals surface area contributed by atoms with Crippen LogP contribution >= 0.6 is 11.6 Å². The predicted molar refractivity (Wildman–Crippen MR) is 66.2 cm³/mol. The minimum Gasteiger partial charge on any atom is -0.339 e. The summed E-state index contributed by atoms with van der Waals surface area (Å²) in [6.45, 7) is 1.73. The van der Waals surface area contributed by atoms with Crippen LogP contribution in [0.25, 0.3) is 0 Å². The largest absolute Gasteiger partial charge is 0.339 e. The standard InChI is InChI=1S/C12H9ClN4/c1-8-15-9(7-14)6-12(16-8)17-11-5-3-2-4-10(11)13/h2-6H,1H3,(H,15,16,17). The van der Waals surface area contributed by atoms with Gasteiger partial charge >= 0.3 is 0 Å². The summed E-state index contributed by atoms with van der Waals surface area (Å²) in [4.78, 5) is 8.16. The van der Waals surface area contributed by atoms with Gasteiger partial charge in [-0.25, -0.2) is 9.97 Å². The number of rotatable bonds is 2. The third-order valence-corrected chi connectivity index (χ3v) is 2.42. The van der Waals surface area contributed by atoms with Crippen LogP contribution in [0.1, 0.15) is 11.5 Å². The molecule has 0 aliphatic rings. The minimum absolute atomic E-state index is 0.326. The molecule has 2 rings (SSSR count). The number of nitriles is 1. The number of halogens is 1. The van der Waals surface area contributed by atoms with Gasteiger partial charge in [0.2, 0.25) is 0 Å². The molecule has 0 aliphatic heterocycles. The highest BCUT2D eigenvalue weighted by atomic mass is 35.5. The molecule has 0 aliphatic carbocycles. The Hall–Kier alpha value is -2.12. The van der Waals surface area contributed by atoms with Gasteiger partial charge in [0.15, 0.2) is 0 Å². The first kappa shape index (κ1) is 11.4. The molecule has 0 atom stereocenters. The summed E-state index contributed by atoms with van der Waals surface area (Å²) in [6, 6.07) is 10.9. The second-order valence-electron chi connectivity index (χ2n) is 3.40. The van der Waals surface area contributed by atoms with E-state index in [-0.39, 0.29) is 0 Å². The van der Waals surface area contributed by atoms with Gasteiger partial charge in [-0.2, -0.15) is 5.26 Å². The summed E-state index contributed by atoms with van der Waals surface area (Å²) in [7, 11) is 0. The summed E-state index contributed by atoms with van der Waals surface area (Å²) in [5, 5.41) is 12.5. The molecule has 1 heterocycles. The molecule has 0 amide bonds. The molecule has 0 radical (unpaired) electrons. The van der Waals surface area contributed by atoms with Crippen molar-refractivity contribution in [3.8, 4) is 6.07 Å². The lowest BCUT2D eigenvalue weighted by Crippen LogP contribution is -1.99. The van der Waals surface area contributed by atoms with Crippen molar-refractivity contribution in [2.24, 2.45) is 0 Å². The van der Waals surface area contributed by atoms with E-state index in [1.807, 2.05) is 24.3 Å². The summed E-state index contributed by atoms with van der Waals surface area (Å²) in [6.07, 6.45) is 0. The molecule has 1 aromatic carbocycles. The monoisotopic (exact) mass is 244 g/mol. The smallest absolute Gasteiger partial charge is 0.146 e. The molecule has 4 nitrogen and oxygen atoms in total. The number of hydrogen-bond donors (Lipinski definition) is 1. The minimum atomic E-state index is 0.326. The number of aromatic nitrogens is 2. The second-order valence-corrected chi connectivity index (χ2v) is 3.81. The molecule has 0 saturated carbocycles. The Balaban J connectivity index is 2.34. The molecular formula is C12H9ClN4. The molecular weight excluding hydrogens is 236 g/mol. The molecule has 5 heteroatoms. The van der Waals surface area contributed by atoms with Crippen molar-refractivity contribution in [1.82, 2.24) is 9.97 Å². The first-order valence-corrected chi connectivity index (χ1v) is 5.34. The number of hydrogen-bond acceptors (Lipinski definition) is 4. The van der Waals surface area contributed by atoms with Crippen molar-refractivity contribution in [2.75, 3.05) is 5.32 Å². The van der Waals surface area contributed by atoms with Gasteiger partial charge in [-0.1, -0.05) is 23.7 Å². The Morgan fingerprint density at radius 1 is 1.29 bits per heavy atom. The van der Waals surface area contributed by atoms with Gasteiger partial charge in [0.25, 0.3) is 0 Å². The first-order chi connectivity index (χ1) is 8.19. The molecule has 84 valence electrons. The summed E-state index contributed by atoms with van der Waals surface area (Å²) in [5.74, 6) is 1.10. The van der Waals surface area contributed by atoms with E-state index in [0.717, 1.165) is 5.69 Å². The number of benzene rings is 1. The van der Waals surface area contributed by atoms with Crippen LogP contribution in [0.15, 0.2) is 30.3 Å². The fourth-order valence-corrected chi connectivity index (χ4v) is 1.57. The lowest BCUT2D eigenvalue weighted by molar-refractivity contribution is 1.04. The molecule has 0 fully saturated rings. The second kappa shape index (κ2) is 4.81. The van der Waals surface area contributed by atoms with Gasteiger partial charge < -0.3 is 5.32 Å². The zero-order valence-electron chi connectivity index (χ0n) is 9.11. The van der Waals surface area contributed by atoms with E-state index in [2.05, 4.69) is 15.3 Å². The quantitative estimate of drug-likeness (QED) is 0.882. The lowest BCUT2D eigenvalue weighted by atomic mass is 10.3. The van der Waals surface area contributed by atoms with Gasteiger partial charge in [-0.3, -0.25) is 0 Å². The van der Waals surface area contributed by atoms with Crippen molar-refractivity contribution >= 4 is 23.1 Å². The fourth-order valence-electron chi connectivity index (χ4n) is 1.39. The Bertz CT molecular complexity index is 589. The van der Waals surface area contributed by atoms with Gasteiger partial charge in [-0.05, 0) is 19.1 Å². The first-order valence-electron chi connectivity index (χ1n) is 4.96. The van der Waals surface area contributed by atoms with Crippen LogP contribution in [-0.4, -0.2) is 9.97 Å². The topological polar surface area (TPSA) is 61.6 Å². The summed E-state index contributed by atoms with van der Waals surface area (Å²) < 4.78 is 0. The van der Waals surface area contributed by atoms with Gasteiger partial charge in [-0.15, -0.1) is 0 Å². The highest BCUT2D eigenvalue weighted by molar-refractivity contribution is 6.33. The van der Waals surface area contributed by atoms with Gasteiger partial charge in [0, 0.05) is 6.07 Å². The van der Waals surface area contributed by atoms with Crippen molar-refractivity contribution in [3.05, 3.63) is 46.9 Å². The maximum atomic E-state index is 8.81. The molecule has 0 spiro atoms. The highest BCUT2D eigenvalue weighted by Gasteiger charge is 2.03. The normalized spacial score (nSPS) is 9.71. The number of para-hydroxylation sites is 1. The zero-order chi connectivity index (χ0) is 12.3. The van der Waals surface area contributed by atoms with E-state index in [1.54, 1.807) is 19.1 Å². The van der Waals surface area contributed by atoms with E-state index in [0.29, 0.717) is 22.4 Å². The van der Waals surface area contributed by atoms with Gasteiger partial charge in [0.05, 0.1) is 10.7 Å². The van der Waals surface area contributed by atoms with E-state index >= 15 is 0 Å². The van der Waals surface area contributed by atoms with Crippen LogP contribution in [0, 0.1) is 18.3 Å². The number of nitrogens with one attached hydrogen (secondary N) is 1. The van der Waals surface area contributed by atoms with Crippen molar-refractivity contribution < 1.29 is 0 Å². The van der Waals surface area contributed by atoms with Crippen LogP contribution in [0.5, 0.6) is 0 Å². The maximum Gasteiger partial charge on any atom is 0.146 e. The van der Waals surface area contributed by atoms with Crippen molar-refractivity contribution in [3.63, 3.8) is 0 Å². The van der Waals surface area contributed by atoms with Crippen LogP contribution in [-0.2, 0) is 0 Å². The third kappa shape index (κ3) is 2.71. The molecule has 1 aromatic heterocycles. The Morgan fingerprint density at radius 2 is 2.06 bits per heavy atom. The van der Waals surface area contributed by atoms with Crippen LogP contribution in [0.4, 0.5) is 11.5 Å². The van der Waals surface area contributed by atoms with E-state index < -0.39 is 0 Å². The molecule has 1 N–H and O–H groups in total. The van der Waals surface area contributed by atoms with E-state index in [9.17, 15) is 0 Å². The maximum absolute atomic E-state index is 8.81. The Morgan fingerprint density at radius 3 is 2.76 bits per heavy atom. The summed E-state index contributed by atoms with van der Waals surface area (Å²) in [5.41, 5.74) is 1.07. The van der Waals surface area contributed by atoms with Gasteiger partial charge in [0.1, 0.15) is 23.4 Å². The predicted octanol–water partition coefficient (Wildman–Crippen LogP) is 3.05. The highest BCUT2D eigenvalue weighted by Crippen LogP contribution is 2.23. The van der Waals surface area contributed by atoms with E-state index in [1.165, 1.54) is 0 Å². The number of nitrogens with zero attached hydrogens (tertiary/aromatic N) is 3.